The molecule has 0 saturated heterocycles. The molecular formula is C20H13ClF3N3O7S. The van der Waals surface area contributed by atoms with Crippen molar-refractivity contribution in [3.05, 3.63) is 91.0 Å². The van der Waals surface area contributed by atoms with Crippen molar-refractivity contribution in [2.75, 3.05) is 4.72 Å². The van der Waals surface area contributed by atoms with Crippen LogP contribution in [0.15, 0.2) is 59.5 Å². The number of nitro groups is 2. The van der Waals surface area contributed by atoms with Gasteiger partial charge in [0.1, 0.15) is 5.75 Å². The average Bonchev–Trinajstić information content (AvgIpc) is 2.74. The summed E-state index contributed by atoms with van der Waals surface area (Å²) in [6, 6.07) is 9.37. The first-order chi connectivity index (χ1) is 16.2. The summed E-state index contributed by atoms with van der Waals surface area (Å²) in [5.41, 5.74) is -3.45. The zero-order chi connectivity index (χ0) is 26.1. The van der Waals surface area contributed by atoms with Crippen LogP contribution in [0.5, 0.6) is 11.5 Å². The fraction of sp³-hybridized carbons (Fsp3) is 0.100. The quantitative estimate of drug-likeness (QED) is 0.287. The third-order valence-electron chi connectivity index (χ3n) is 4.50. The molecule has 184 valence electrons. The molecule has 0 spiro atoms. The highest BCUT2D eigenvalue weighted by Crippen LogP contribution is 2.45. The van der Waals surface area contributed by atoms with E-state index in [-0.39, 0.29) is 27.7 Å². The largest absolute Gasteiger partial charge is 0.443 e. The van der Waals surface area contributed by atoms with Gasteiger partial charge in [0.15, 0.2) is 0 Å². The molecule has 0 atom stereocenters. The van der Waals surface area contributed by atoms with Gasteiger partial charge in [-0.1, -0.05) is 29.3 Å². The van der Waals surface area contributed by atoms with Crippen LogP contribution in [-0.4, -0.2) is 18.3 Å². The maximum Gasteiger partial charge on any atom is 0.416 e. The van der Waals surface area contributed by atoms with Gasteiger partial charge in [0.25, 0.3) is 15.8 Å². The molecule has 0 bridgehead atoms. The number of aryl methyl sites for hydroxylation is 1. The highest BCUT2D eigenvalue weighted by atomic mass is 35.5. The van der Waals surface area contributed by atoms with Crippen LogP contribution in [0, 0.1) is 27.2 Å². The highest BCUT2D eigenvalue weighted by molar-refractivity contribution is 7.92. The molecule has 35 heavy (non-hydrogen) atoms. The van der Waals surface area contributed by atoms with Gasteiger partial charge in [0, 0.05) is 12.1 Å². The van der Waals surface area contributed by atoms with Gasteiger partial charge < -0.3 is 4.74 Å². The number of nitrogens with one attached hydrogen (secondary N) is 1. The van der Waals surface area contributed by atoms with Crippen LogP contribution in [0.3, 0.4) is 0 Å². The first kappa shape index (κ1) is 25.7. The second kappa shape index (κ2) is 9.38. The maximum atomic E-state index is 13.1. The molecule has 0 aromatic heterocycles. The average molecular weight is 532 g/mol. The molecule has 3 rings (SSSR count). The Kier molecular flexibility index (Phi) is 6.89. The number of sulfonamides is 1. The first-order valence-corrected chi connectivity index (χ1v) is 11.2. The van der Waals surface area contributed by atoms with Crippen molar-refractivity contribution < 1.29 is 36.2 Å². The van der Waals surface area contributed by atoms with Crippen LogP contribution in [0.4, 0.5) is 30.2 Å². The fourth-order valence-corrected chi connectivity index (χ4v) is 4.10. The van der Waals surface area contributed by atoms with Gasteiger partial charge in [-0.15, -0.1) is 0 Å². The molecule has 0 radical (unpaired) electrons. The van der Waals surface area contributed by atoms with Gasteiger partial charge >= 0.3 is 17.6 Å². The SMILES string of the molecule is Cc1ccc(S(=O)(=O)Nc2ccc(Oc3c([N+](=O)[O-])cc(C(F)(F)F)cc3[N+](=O)[O-])c(Cl)c2)cc1. The van der Waals surface area contributed by atoms with E-state index in [0.717, 1.165) is 23.8 Å². The summed E-state index contributed by atoms with van der Waals surface area (Å²) in [7, 11) is -4.01. The predicted molar refractivity (Wildman–Crippen MR) is 118 cm³/mol. The van der Waals surface area contributed by atoms with Gasteiger partial charge in [-0.2, -0.15) is 13.2 Å². The molecule has 0 aliphatic rings. The van der Waals surface area contributed by atoms with Crippen LogP contribution < -0.4 is 9.46 Å². The number of alkyl halides is 3. The van der Waals surface area contributed by atoms with E-state index in [2.05, 4.69) is 4.72 Å². The normalized spacial score (nSPS) is 11.7. The van der Waals surface area contributed by atoms with Gasteiger partial charge in [-0.05, 0) is 37.3 Å². The van der Waals surface area contributed by atoms with Gasteiger partial charge in [0.2, 0.25) is 0 Å². The number of hydrogen-bond acceptors (Lipinski definition) is 7. The van der Waals surface area contributed by atoms with Gasteiger partial charge in [0.05, 0.1) is 31.0 Å². The molecule has 0 amide bonds. The summed E-state index contributed by atoms with van der Waals surface area (Å²) in [4.78, 5) is 20.1. The molecule has 3 aromatic rings. The molecular weight excluding hydrogens is 519 g/mol. The summed E-state index contributed by atoms with van der Waals surface area (Å²) in [5.74, 6) is -1.49. The number of halogens is 4. The summed E-state index contributed by atoms with van der Waals surface area (Å²) >= 11 is 6.06. The summed E-state index contributed by atoms with van der Waals surface area (Å²) in [6.45, 7) is 1.77. The molecule has 1 N–H and O–H groups in total. The van der Waals surface area contributed by atoms with Crippen LogP contribution in [0.25, 0.3) is 0 Å². The van der Waals surface area contributed by atoms with E-state index in [1.807, 2.05) is 0 Å². The van der Waals surface area contributed by atoms with E-state index in [1.165, 1.54) is 12.1 Å². The number of anilines is 1. The lowest BCUT2D eigenvalue weighted by atomic mass is 10.1. The third-order valence-corrected chi connectivity index (χ3v) is 6.19. The zero-order valence-electron chi connectivity index (χ0n) is 17.4. The highest BCUT2D eigenvalue weighted by Gasteiger charge is 2.38. The molecule has 10 nitrogen and oxygen atoms in total. The molecule has 0 aliphatic heterocycles. The number of benzene rings is 3. The standard InChI is InChI=1S/C20H13ClF3N3O7S/c1-11-2-5-14(6-3-11)35(32,33)25-13-4-7-18(15(21)10-13)34-19-16(26(28)29)8-12(20(22,23)24)9-17(19)27(30)31/h2-10,25H,1H3. The molecule has 0 heterocycles. The van der Waals surface area contributed by atoms with E-state index in [9.17, 15) is 41.8 Å². The minimum Gasteiger partial charge on any atom is -0.443 e. The summed E-state index contributed by atoms with van der Waals surface area (Å²) in [5, 5.41) is 22.4. The van der Waals surface area contributed by atoms with E-state index < -0.39 is 54.5 Å². The first-order valence-electron chi connectivity index (χ1n) is 9.30. The monoisotopic (exact) mass is 531 g/mol. The Morgan fingerprint density at radius 2 is 1.49 bits per heavy atom. The molecule has 0 aliphatic carbocycles. The van der Waals surface area contributed by atoms with Crippen LogP contribution in [0.2, 0.25) is 5.02 Å². The Bertz CT molecular complexity index is 1390. The number of rotatable bonds is 7. The predicted octanol–water partition coefficient (Wildman–Crippen LogP) is 6.08. The Morgan fingerprint density at radius 1 is 0.943 bits per heavy atom. The number of ether oxygens (including phenoxy) is 1. The second-order valence-corrected chi connectivity index (χ2v) is 9.11. The fourth-order valence-electron chi connectivity index (χ4n) is 2.83. The Morgan fingerprint density at radius 3 is 1.94 bits per heavy atom. The third kappa shape index (κ3) is 5.78. The number of nitrogens with zero attached hydrogens (tertiary/aromatic N) is 2. The van der Waals surface area contributed by atoms with Gasteiger partial charge in [-0.3, -0.25) is 25.0 Å². The smallest absolute Gasteiger partial charge is 0.416 e. The van der Waals surface area contributed by atoms with Crippen LogP contribution in [0.1, 0.15) is 11.1 Å². The Hall–Kier alpha value is -3.91. The van der Waals surface area contributed by atoms with Crippen molar-refractivity contribution in [2.45, 2.75) is 18.0 Å². The van der Waals surface area contributed by atoms with E-state index in [1.54, 1.807) is 19.1 Å². The Balaban J connectivity index is 1.99. The van der Waals surface area contributed by atoms with Crippen molar-refractivity contribution in [1.82, 2.24) is 0 Å². The lowest BCUT2D eigenvalue weighted by molar-refractivity contribution is -0.396. The molecule has 0 unspecified atom stereocenters. The minimum absolute atomic E-state index is 0.0423. The molecule has 0 saturated carbocycles. The molecule has 3 aromatic carbocycles. The summed E-state index contributed by atoms with van der Waals surface area (Å²) in [6.07, 6.45) is -5.10. The van der Waals surface area contributed by atoms with Crippen molar-refractivity contribution >= 4 is 38.7 Å². The number of hydrogen-bond donors (Lipinski definition) is 1. The van der Waals surface area contributed by atoms with E-state index >= 15 is 0 Å². The van der Waals surface area contributed by atoms with Crippen LogP contribution in [-0.2, 0) is 16.2 Å². The second-order valence-electron chi connectivity index (χ2n) is 7.02. The minimum atomic E-state index is -5.10. The molecule has 15 heteroatoms. The van der Waals surface area contributed by atoms with Crippen molar-refractivity contribution in [3.63, 3.8) is 0 Å². The summed E-state index contributed by atoms with van der Waals surface area (Å²) < 4.78 is 71.7. The van der Waals surface area contributed by atoms with Crippen molar-refractivity contribution in [3.8, 4) is 11.5 Å². The van der Waals surface area contributed by atoms with Crippen molar-refractivity contribution in [1.29, 1.82) is 0 Å². The van der Waals surface area contributed by atoms with E-state index in [0.29, 0.717) is 0 Å². The lowest BCUT2D eigenvalue weighted by Gasteiger charge is -2.13. The van der Waals surface area contributed by atoms with Crippen molar-refractivity contribution in [2.24, 2.45) is 0 Å². The Labute approximate surface area is 200 Å². The zero-order valence-corrected chi connectivity index (χ0v) is 18.9. The van der Waals surface area contributed by atoms with Gasteiger partial charge in [-0.25, -0.2) is 8.42 Å². The molecule has 0 fully saturated rings. The van der Waals surface area contributed by atoms with Crippen LogP contribution >= 0.6 is 11.6 Å². The van der Waals surface area contributed by atoms with E-state index in [4.69, 9.17) is 16.3 Å². The maximum absolute atomic E-state index is 13.1. The lowest BCUT2D eigenvalue weighted by Crippen LogP contribution is -2.12. The number of nitro benzene ring substituents is 2. The topological polar surface area (TPSA) is 142 Å².